The predicted molar refractivity (Wildman–Crippen MR) is 103 cm³/mol. The average Bonchev–Trinajstić information content (AvgIpc) is 3.29. The molecule has 2 aromatic heterocycles. The number of fused-ring (bicyclic) bond motifs is 1. The van der Waals surface area contributed by atoms with Crippen LogP contribution in [0, 0.1) is 5.41 Å². The Labute approximate surface area is 151 Å². The molecule has 3 heterocycles. The summed E-state index contributed by atoms with van der Waals surface area (Å²) in [6.07, 6.45) is 3.43. The van der Waals surface area contributed by atoms with Crippen LogP contribution in [0.3, 0.4) is 0 Å². The summed E-state index contributed by atoms with van der Waals surface area (Å²) in [6, 6.07) is 8.05. The molecule has 0 atom stereocenters. The van der Waals surface area contributed by atoms with Gasteiger partial charge in [-0.05, 0) is 6.07 Å². The molecule has 0 spiro atoms. The first kappa shape index (κ1) is 16.4. The summed E-state index contributed by atoms with van der Waals surface area (Å²) >= 11 is 0. The maximum Gasteiger partial charge on any atom is 0.171 e. The predicted octanol–water partition coefficient (Wildman–Crippen LogP) is 3.20. The third-order valence-corrected chi connectivity index (χ3v) is 4.41. The van der Waals surface area contributed by atoms with E-state index in [9.17, 15) is 4.79 Å². The lowest BCUT2D eigenvalue weighted by Gasteiger charge is -2.15. The molecule has 0 saturated heterocycles. The number of hydrogen-bond acceptors (Lipinski definition) is 5. The highest BCUT2D eigenvalue weighted by molar-refractivity contribution is 6.08. The van der Waals surface area contributed by atoms with Crippen LogP contribution >= 0.6 is 0 Å². The molecule has 0 radical (unpaired) electrons. The van der Waals surface area contributed by atoms with Crippen LogP contribution < -0.4 is 5.32 Å². The van der Waals surface area contributed by atoms with Crippen molar-refractivity contribution in [2.75, 3.05) is 13.1 Å². The monoisotopic (exact) mass is 347 g/mol. The van der Waals surface area contributed by atoms with Crippen LogP contribution in [0.15, 0.2) is 41.7 Å². The normalized spacial score (nSPS) is 14.3. The van der Waals surface area contributed by atoms with Gasteiger partial charge >= 0.3 is 0 Å². The summed E-state index contributed by atoms with van der Waals surface area (Å²) in [7, 11) is 0. The highest BCUT2D eigenvalue weighted by Gasteiger charge is 2.26. The maximum absolute atomic E-state index is 12.7. The minimum atomic E-state index is -0.473. The van der Waals surface area contributed by atoms with E-state index in [0.29, 0.717) is 16.7 Å². The molecule has 0 aliphatic carbocycles. The Balaban J connectivity index is 1.78. The summed E-state index contributed by atoms with van der Waals surface area (Å²) in [5, 5.41) is 3.28. The molecule has 0 saturated carbocycles. The van der Waals surface area contributed by atoms with Gasteiger partial charge in [0.1, 0.15) is 11.4 Å². The van der Waals surface area contributed by atoms with E-state index in [-0.39, 0.29) is 5.78 Å². The fraction of sp³-hybridized carbons (Fsp3) is 0.300. The van der Waals surface area contributed by atoms with E-state index >= 15 is 0 Å². The lowest BCUT2D eigenvalue weighted by molar-refractivity contribution is 0.0860. The molecule has 6 nitrogen and oxygen atoms in total. The fourth-order valence-corrected chi connectivity index (χ4v) is 3.02. The van der Waals surface area contributed by atoms with Gasteiger partial charge in [-0.2, -0.15) is 0 Å². The van der Waals surface area contributed by atoms with Gasteiger partial charge in [-0.15, -0.1) is 0 Å². The Bertz CT molecular complexity index is 1030. The average molecular weight is 347 g/mol. The number of hydrogen-bond donors (Lipinski definition) is 2. The fourth-order valence-electron chi connectivity index (χ4n) is 3.02. The van der Waals surface area contributed by atoms with Crippen molar-refractivity contribution in [3.63, 3.8) is 0 Å². The second kappa shape index (κ2) is 6.05. The Morgan fingerprint density at radius 2 is 2.00 bits per heavy atom. The lowest BCUT2D eigenvalue weighted by atomic mass is 9.87. The summed E-state index contributed by atoms with van der Waals surface area (Å²) in [6.45, 7) is 7.39. The van der Waals surface area contributed by atoms with Gasteiger partial charge in [-0.25, -0.2) is 9.97 Å². The van der Waals surface area contributed by atoms with E-state index in [0.717, 1.165) is 35.7 Å². The SMILES string of the molecule is CC(C)(C)C(=O)c1c[nH]c2ncc(-c3cccc(C4=NCCN4)c3)nc12. The Kier molecular flexibility index (Phi) is 3.83. The molecule has 1 aliphatic heterocycles. The molecule has 6 heteroatoms. The number of H-pyrrole nitrogens is 1. The molecular formula is C20H21N5O. The quantitative estimate of drug-likeness (QED) is 0.713. The molecule has 0 fully saturated rings. The highest BCUT2D eigenvalue weighted by Crippen LogP contribution is 2.27. The maximum atomic E-state index is 12.7. The van der Waals surface area contributed by atoms with Crippen LogP contribution in [0.1, 0.15) is 36.7 Å². The standard InChI is InChI=1S/C20H21N5O/c1-20(2,3)17(26)14-10-23-19-16(14)25-15(11-24-19)12-5-4-6-13(9-12)18-21-7-8-22-18/h4-6,9-11H,7-8H2,1-3H3,(H,21,22)(H,23,24). The van der Waals surface area contributed by atoms with Crippen LogP contribution in [-0.2, 0) is 0 Å². The molecule has 1 aromatic carbocycles. The number of rotatable bonds is 3. The Morgan fingerprint density at radius 1 is 1.19 bits per heavy atom. The highest BCUT2D eigenvalue weighted by atomic mass is 16.1. The first-order valence-electron chi connectivity index (χ1n) is 8.71. The van der Waals surface area contributed by atoms with Gasteiger partial charge in [0.05, 0.1) is 24.0 Å². The topological polar surface area (TPSA) is 83.0 Å². The molecule has 2 N–H and O–H groups in total. The third-order valence-electron chi connectivity index (χ3n) is 4.41. The van der Waals surface area contributed by atoms with Crippen molar-refractivity contribution in [3.05, 3.63) is 47.8 Å². The molecule has 132 valence electrons. The number of aliphatic imine (C=N–C) groups is 1. The third kappa shape index (κ3) is 2.87. The summed E-state index contributed by atoms with van der Waals surface area (Å²) in [5.74, 6) is 0.958. The van der Waals surface area contributed by atoms with Crippen molar-refractivity contribution >= 4 is 22.8 Å². The van der Waals surface area contributed by atoms with E-state index in [1.807, 2.05) is 45.0 Å². The van der Waals surface area contributed by atoms with Crippen molar-refractivity contribution in [1.82, 2.24) is 20.3 Å². The number of aromatic amines is 1. The number of carbonyl (C=O) groups excluding carboxylic acids is 1. The number of benzene rings is 1. The van der Waals surface area contributed by atoms with Crippen LogP contribution in [0.2, 0.25) is 0 Å². The van der Waals surface area contributed by atoms with Crippen LogP contribution in [0.5, 0.6) is 0 Å². The largest absolute Gasteiger partial charge is 0.368 e. The van der Waals surface area contributed by atoms with E-state index in [4.69, 9.17) is 4.98 Å². The smallest absolute Gasteiger partial charge is 0.171 e. The molecule has 3 aromatic rings. The molecule has 0 amide bonds. The minimum absolute atomic E-state index is 0.0495. The van der Waals surface area contributed by atoms with Gasteiger partial charge in [0.2, 0.25) is 0 Å². The van der Waals surface area contributed by atoms with Crippen molar-refractivity contribution in [2.45, 2.75) is 20.8 Å². The van der Waals surface area contributed by atoms with Crippen LogP contribution in [0.25, 0.3) is 22.4 Å². The number of Topliss-reactive ketones (excluding diaryl/α,β-unsaturated/α-hetero) is 1. The molecular weight excluding hydrogens is 326 g/mol. The van der Waals surface area contributed by atoms with Crippen molar-refractivity contribution in [2.24, 2.45) is 10.4 Å². The van der Waals surface area contributed by atoms with Crippen molar-refractivity contribution in [3.8, 4) is 11.3 Å². The van der Waals surface area contributed by atoms with Crippen LogP contribution in [0.4, 0.5) is 0 Å². The second-order valence-corrected chi connectivity index (χ2v) is 7.47. The number of aromatic nitrogens is 3. The zero-order valence-corrected chi connectivity index (χ0v) is 15.1. The summed E-state index contributed by atoms with van der Waals surface area (Å²) < 4.78 is 0. The molecule has 0 bridgehead atoms. The van der Waals surface area contributed by atoms with E-state index in [1.165, 1.54) is 0 Å². The number of ketones is 1. The Morgan fingerprint density at radius 3 is 2.73 bits per heavy atom. The van der Waals surface area contributed by atoms with E-state index in [2.05, 4.69) is 20.3 Å². The Hall–Kier alpha value is -3.02. The first-order chi connectivity index (χ1) is 12.4. The van der Waals surface area contributed by atoms with Crippen LogP contribution in [-0.4, -0.2) is 39.7 Å². The zero-order valence-electron chi connectivity index (χ0n) is 15.1. The molecule has 26 heavy (non-hydrogen) atoms. The molecule has 4 rings (SSSR count). The number of nitrogens with zero attached hydrogens (tertiary/aromatic N) is 3. The van der Waals surface area contributed by atoms with Gasteiger partial charge in [-0.1, -0.05) is 39.0 Å². The second-order valence-electron chi connectivity index (χ2n) is 7.47. The summed E-state index contributed by atoms with van der Waals surface area (Å²) in [4.78, 5) is 29.4. The van der Waals surface area contributed by atoms with Gasteiger partial charge < -0.3 is 10.3 Å². The number of nitrogens with one attached hydrogen (secondary N) is 2. The molecule has 1 aliphatic rings. The number of amidine groups is 1. The minimum Gasteiger partial charge on any atom is -0.368 e. The zero-order chi connectivity index (χ0) is 18.3. The number of carbonyl (C=O) groups is 1. The van der Waals surface area contributed by atoms with Crippen molar-refractivity contribution < 1.29 is 4.79 Å². The van der Waals surface area contributed by atoms with Gasteiger partial charge in [0.25, 0.3) is 0 Å². The van der Waals surface area contributed by atoms with Crippen molar-refractivity contribution in [1.29, 1.82) is 0 Å². The van der Waals surface area contributed by atoms with Gasteiger partial charge in [0, 0.05) is 29.3 Å². The summed E-state index contributed by atoms with van der Waals surface area (Å²) in [5.41, 5.74) is 4.06. The van der Waals surface area contributed by atoms with Gasteiger partial charge in [-0.3, -0.25) is 9.79 Å². The molecule has 0 unspecified atom stereocenters. The van der Waals surface area contributed by atoms with Gasteiger partial charge in [0.15, 0.2) is 11.4 Å². The van der Waals surface area contributed by atoms with E-state index < -0.39 is 5.41 Å². The first-order valence-corrected chi connectivity index (χ1v) is 8.71. The van der Waals surface area contributed by atoms with E-state index in [1.54, 1.807) is 12.4 Å². The lowest BCUT2D eigenvalue weighted by Crippen LogP contribution is -2.20.